The van der Waals surface area contributed by atoms with Crippen LogP contribution < -0.4 is 35.0 Å². The SMILES string of the molecule is CS(=O)(=O)NCC1CN(c2ncnc3cc(Br)c(F)cc23)CCO1.CS(=O)(=O)NCC1CN(c2ncnc3cc(C(N)=O)c(F)cc23)CCO1.CS(=O)(=O)NCC1CNCCO1.Cl.Fc1cc2c(Cl)ncnc2cc1Br.[2H]CS. The first-order valence-electron chi connectivity index (χ1n) is 23.3. The maximum absolute atomic E-state index is 14.2. The molecule has 3 aromatic carbocycles. The number of nitrogens with one attached hydrogen (secondary N) is 4. The van der Waals surface area contributed by atoms with Crippen LogP contribution in [0.5, 0.6) is 0 Å². The van der Waals surface area contributed by atoms with Crippen LogP contribution in [0, 0.1) is 17.5 Å². The summed E-state index contributed by atoms with van der Waals surface area (Å²) in [5, 5.41) is 4.93. The number of anilines is 2. The maximum Gasteiger partial charge on any atom is 0.251 e. The molecule has 3 unspecified atom stereocenters. The molecule has 0 saturated carbocycles. The van der Waals surface area contributed by atoms with E-state index in [1.54, 1.807) is 12.1 Å². The lowest BCUT2D eigenvalue weighted by Gasteiger charge is -2.34. The first-order valence-corrected chi connectivity index (χ1v) is 30.9. The molecule has 6 N–H and O–H groups in total. The number of amides is 1. The third-order valence-corrected chi connectivity index (χ3v) is 14.4. The lowest BCUT2D eigenvalue weighted by atomic mass is 10.1. The van der Waals surface area contributed by atoms with Crippen molar-refractivity contribution in [3.63, 3.8) is 0 Å². The molecule has 0 spiro atoms. The summed E-state index contributed by atoms with van der Waals surface area (Å²) in [6.07, 6.45) is 6.89. The fourth-order valence-electron chi connectivity index (χ4n) is 7.37. The highest BCUT2D eigenvalue weighted by Gasteiger charge is 2.26. The van der Waals surface area contributed by atoms with E-state index in [0.29, 0.717) is 112 Å². The van der Waals surface area contributed by atoms with Gasteiger partial charge in [-0.3, -0.25) is 4.79 Å². The van der Waals surface area contributed by atoms with E-state index in [4.69, 9.17) is 32.9 Å². The molecular weight excluding hydrogens is 1290 g/mol. The van der Waals surface area contributed by atoms with Crippen molar-refractivity contribution in [1.82, 2.24) is 49.4 Å². The fraction of sp³-hybridized carbons (Fsp3) is 0.432. The van der Waals surface area contributed by atoms with E-state index in [0.717, 1.165) is 25.3 Å². The summed E-state index contributed by atoms with van der Waals surface area (Å²) in [4.78, 5) is 39.6. The Hall–Kier alpha value is -4.00. The number of sulfonamides is 3. The number of carbonyl (C=O) groups is 1. The van der Waals surface area contributed by atoms with Gasteiger partial charge in [-0.25, -0.2) is 82.5 Å². The molecule has 23 nitrogen and oxygen atoms in total. The first-order chi connectivity index (χ1) is 36.7. The molecule has 3 aromatic heterocycles. The van der Waals surface area contributed by atoms with Gasteiger partial charge in [0.05, 0.1) is 88.0 Å². The van der Waals surface area contributed by atoms with E-state index in [-0.39, 0.29) is 72.4 Å². The quantitative estimate of drug-likeness (QED) is 0.0754. The predicted octanol–water partition coefficient (Wildman–Crippen LogP) is 3.58. The number of fused-ring (bicyclic) bond motifs is 3. The number of rotatable bonds is 12. The third-order valence-electron chi connectivity index (χ3n) is 10.9. The second-order valence-electron chi connectivity index (χ2n) is 16.8. The lowest BCUT2D eigenvalue weighted by molar-refractivity contribution is 0.0324. The smallest absolute Gasteiger partial charge is 0.251 e. The number of ether oxygens (including phenoxy) is 3. The minimum atomic E-state index is -3.33. The largest absolute Gasteiger partial charge is 0.374 e. The zero-order chi connectivity index (χ0) is 57.4. The maximum atomic E-state index is 14.2. The zero-order valence-electron chi connectivity index (χ0n) is 42.7. The average molecular weight is 1340 g/mol. The van der Waals surface area contributed by atoms with E-state index < -0.39 is 41.8 Å². The van der Waals surface area contributed by atoms with Crippen LogP contribution >= 0.6 is 68.5 Å². The van der Waals surface area contributed by atoms with Crippen LogP contribution in [0.25, 0.3) is 32.7 Å². The summed E-state index contributed by atoms with van der Waals surface area (Å²) in [5.41, 5.74) is 6.57. The minimum absolute atomic E-state index is 0. The van der Waals surface area contributed by atoms with Gasteiger partial charge in [-0.2, -0.15) is 12.6 Å². The molecule has 3 atom stereocenters. The molecule has 1 amide bonds. The number of benzene rings is 3. The molecule has 0 aliphatic carbocycles. The van der Waals surface area contributed by atoms with Gasteiger partial charge in [-0.15, -0.1) is 12.4 Å². The molecule has 0 bridgehead atoms. The van der Waals surface area contributed by atoms with E-state index in [9.17, 15) is 43.2 Å². The van der Waals surface area contributed by atoms with Gasteiger partial charge in [0.1, 0.15) is 53.2 Å². The number of hydrogen-bond donors (Lipinski definition) is 6. The predicted molar refractivity (Wildman–Crippen MR) is 305 cm³/mol. The highest BCUT2D eigenvalue weighted by molar-refractivity contribution is 9.10. The second-order valence-corrected chi connectivity index (χ2v) is 24.3. The Labute approximate surface area is 483 Å². The zero-order valence-corrected chi connectivity index (χ0v) is 49.8. The molecule has 0 radical (unpaired) electrons. The summed E-state index contributed by atoms with van der Waals surface area (Å²) in [6.45, 7) is 5.56. The van der Waals surface area contributed by atoms with Crippen molar-refractivity contribution in [3.8, 4) is 0 Å². The molecule has 3 saturated heterocycles. The normalized spacial score (nSPS) is 17.9. The monoisotopic (exact) mass is 1340 g/mol. The van der Waals surface area contributed by atoms with Crippen molar-refractivity contribution >= 4 is 149 Å². The highest BCUT2D eigenvalue weighted by atomic mass is 79.9. The Kier molecular flexibility index (Phi) is 25.5. The highest BCUT2D eigenvalue weighted by Crippen LogP contribution is 2.30. The van der Waals surface area contributed by atoms with Crippen LogP contribution in [0.15, 0.2) is 64.3 Å². The first kappa shape index (κ1) is 64.8. The topological polar surface area (TPSA) is 305 Å². The minimum Gasteiger partial charge on any atom is -0.374 e. The van der Waals surface area contributed by atoms with Gasteiger partial charge in [0.25, 0.3) is 5.91 Å². The van der Waals surface area contributed by atoms with Gasteiger partial charge in [-0.05, 0) is 74.5 Å². The summed E-state index contributed by atoms with van der Waals surface area (Å²) < 4.78 is 138. The van der Waals surface area contributed by atoms with Gasteiger partial charge in [0.2, 0.25) is 30.1 Å². The van der Waals surface area contributed by atoms with Crippen LogP contribution in [0.3, 0.4) is 0 Å². The Morgan fingerprint density at radius 1 is 0.692 bits per heavy atom. The van der Waals surface area contributed by atoms with Crippen molar-refractivity contribution in [1.29, 1.82) is 0 Å². The van der Waals surface area contributed by atoms with Crippen molar-refractivity contribution in [2.45, 2.75) is 18.3 Å². The number of halogens is 7. The summed E-state index contributed by atoms with van der Waals surface area (Å²) in [7, 11) is -9.69. The summed E-state index contributed by atoms with van der Waals surface area (Å²) in [5.74, 6) is -1.28. The molecule has 78 heavy (non-hydrogen) atoms. The van der Waals surface area contributed by atoms with Gasteiger partial charge in [-0.1, -0.05) is 11.6 Å². The number of nitrogens with zero attached hydrogens (tertiary/aromatic N) is 8. The van der Waals surface area contributed by atoms with Gasteiger partial charge in [0.15, 0.2) is 0 Å². The van der Waals surface area contributed by atoms with Crippen LogP contribution in [-0.2, 0) is 44.3 Å². The van der Waals surface area contributed by atoms with Crippen molar-refractivity contribution in [2.75, 3.05) is 114 Å². The van der Waals surface area contributed by atoms with Crippen LogP contribution in [0.4, 0.5) is 24.8 Å². The molecular formula is C44H56Br2Cl2F3N13O10S4. The molecule has 9 rings (SSSR count). The molecule has 3 aliphatic heterocycles. The number of carbonyl (C=O) groups excluding carboxylic acids is 1. The average Bonchev–Trinajstić information content (AvgIpc) is 3.41. The second kappa shape index (κ2) is 30.7. The Bertz CT molecular complexity index is 3380. The number of hydrogen-bond acceptors (Lipinski definition) is 20. The summed E-state index contributed by atoms with van der Waals surface area (Å²) >= 11 is 15.4. The van der Waals surface area contributed by atoms with E-state index in [1.807, 2.05) is 9.80 Å². The van der Waals surface area contributed by atoms with E-state index >= 15 is 0 Å². The van der Waals surface area contributed by atoms with Crippen LogP contribution in [0.1, 0.15) is 11.7 Å². The Balaban J connectivity index is 0.000000233. The molecule has 3 aliphatic rings. The molecule has 6 aromatic rings. The molecule has 6 heterocycles. The van der Waals surface area contributed by atoms with Crippen molar-refractivity contribution in [2.24, 2.45) is 5.73 Å². The molecule has 430 valence electrons. The number of nitrogens with two attached hydrogens (primary N) is 1. The fourth-order valence-corrected chi connectivity index (χ4v) is 9.69. The standard InChI is InChI=1S/C15H18FN5O4S.C14H16BrFN4O3S.C8H3BrClFN2.C6H14N2O3S.CH4S.ClH/c1-26(23,24)20-6-9-7-21(2-3-25-9)15-11-4-12(16)10(14(17)22)5-13(11)18-8-19-15;1-24(21,22)19-6-9-7-20(2-3-23-9)14-10-4-12(16)11(15)5-13(10)17-8-18-14;9-5-2-7-4(1-6(5)11)8(10)13-3-12-7;1-12(9,10)8-5-6-4-7-2-3-11-6;1-2;/h4-5,8-9,20H,2-3,6-7H2,1H3,(H2,17,22);4-5,8-9,19H,2-3,6-7H2,1H3;1-3H;6-8H,2-5H2,1H3;2H,1H3;1H/i;;;;1D;. The van der Waals surface area contributed by atoms with E-state index in [2.05, 4.69) is 93.9 Å². The van der Waals surface area contributed by atoms with E-state index in [1.165, 1.54) is 43.2 Å². The number of morpholine rings is 3. The lowest BCUT2D eigenvalue weighted by Crippen LogP contribution is -2.47. The molecule has 34 heteroatoms. The van der Waals surface area contributed by atoms with Crippen molar-refractivity contribution in [3.05, 3.63) is 92.5 Å². The molecule has 3 fully saturated rings. The third kappa shape index (κ3) is 20.8. The van der Waals surface area contributed by atoms with Crippen molar-refractivity contribution < 1.29 is 58.8 Å². The van der Waals surface area contributed by atoms with Gasteiger partial charge < -0.3 is 35.1 Å². The summed E-state index contributed by atoms with van der Waals surface area (Å²) in [6, 6.07) is 8.36. The van der Waals surface area contributed by atoms with Crippen LogP contribution in [0.2, 0.25) is 5.15 Å². The van der Waals surface area contributed by atoms with Gasteiger partial charge >= 0.3 is 0 Å². The number of aromatic nitrogens is 6. The number of thiol groups is 1. The number of primary amides is 1. The Morgan fingerprint density at radius 3 is 1.53 bits per heavy atom. The van der Waals surface area contributed by atoms with Crippen LogP contribution in [-0.4, -0.2) is 183 Å². The van der Waals surface area contributed by atoms with Gasteiger partial charge in [0, 0.05) is 76.4 Å². The Morgan fingerprint density at radius 2 is 1.09 bits per heavy atom.